The number of aromatic nitrogens is 4. The van der Waals surface area contributed by atoms with E-state index in [-0.39, 0.29) is 28.1 Å². The summed E-state index contributed by atoms with van der Waals surface area (Å²) in [5.74, 6) is -3.15. The summed E-state index contributed by atoms with van der Waals surface area (Å²) >= 11 is 0. The molecule has 10 heteroatoms. The molecule has 2 aliphatic heterocycles. The molecular formula is C29H24CoN4O5+2. The first-order chi connectivity index (χ1) is 18.2. The van der Waals surface area contributed by atoms with Crippen molar-refractivity contribution >= 4 is 46.4 Å². The van der Waals surface area contributed by atoms with Crippen molar-refractivity contribution in [2.24, 2.45) is 0 Å². The van der Waals surface area contributed by atoms with Gasteiger partial charge in [-0.15, -0.1) is 0 Å². The molecule has 1 aromatic carbocycles. The Bertz CT molecular complexity index is 1780. The summed E-state index contributed by atoms with van der Waals surface area (Å²) in [6.45, 7) is 0. The number of fused-ring (bicyclic) bond motifs is 8. The Morgan fingerprint density at radius 3 is 1.97 bits per heavy atom. The number of benzene rings is 1. The largest absolute Gasteiger partial charge is 2.00 e. The van der Waals surface area contributed by atoms with E-state index in [1.807, 2.05) is 66.8 Å². The number of hydrogen-bond acceptors (Lipinski definition) is 7. The van der Waals surface area contributed by atoms with Crippen LogP contribution in [0.25, 0.3) is 57.5 Å². The van der Waals surface area contributed by atoms with E-state index in [1.165, 1.54) is 7.11 Å². The molecule has 6 rings (SSSR count). The number of nitrogens with zero attached hydrogens (tertiary/aromatic N) is 2. The number of methoxy groups -OCH3 is 1. The monoisotopic (exact) mass is 567 g/mol. The summed E-state index contributed by atoms with van der Waals surface area (Å²) in [7, 11) is 1.39. The average molecular weight is 567 g/mol. The number of aliphatic hydroxyl groups excluding tert-OH is 1. The van der Waals surface area contributed by atoms with Crippen molar-refractivity contribution in [3.8, 4) is 16.9 Å². The minimum Gasteiger partial charge on any atom is -0.496 e. The molecule has 0 amide bonds. The molecule has 1 unspecified atom stereocenters. The van der Waals surface area contributed by atoms with Crippen LogP contribution in [0.1, 0.15) is 34.4 Å². The smallest absolute Gasteiger partial charge is 0.496 e. The predicted molar refractivity (Wildman–Crippen MR) is 145 cm³/mol. The van der Waals surface area contributed by atoms with E-state index in [9.17, 15) is 20.4 Å². The molecule has 0 fully saturated rings. The van der Waals surface area contributed by atoms with Crippen molar-refractivity contribution in [3.63, 3.8) is 0 Å². The maximum atomic E-state index is 10.4. The second-order valence-electron chi connectivity index (χ2n) is 9.13. The maximum Gasteiger partial charge on any atom is 2.00 e. The maximum absolute atomic E-state index is 10.4. The molecule has 2 aliphatic rings. The van der Waals surface area contributed by atoms with Crippen LogP contribution in [0.3, 0.4) is 0 Å². The van der Waals surface area contributed by atoms with Gasteiger partial charge in [-0.25, -0.2) is 9.97 Å². The van der Waals surface area contributed by atoms with Crippen molar-refractivity contribution in [2.45, 2.75) is 12.1 Å². The van der Waals surface area contributed by atoms with E-state index < -0.39 is 12.1 Å². The van der Waals surface area contributed by atoms with Crippen LogP contribution in [0.2, 0.25) is 0 Å². The predicted octanol–water partition coefficient (Wildman–Crippen LogP) is 3.99. The topological polar surface area (TPSA) is 148 Å². The van der Waals surface area contributed by atoms with Crippen LogP contribution in [-0.4, -0.2) is 53.4 Å². The Hall–Kier alpha value is -4.03. The van der Waals surface area contributed by atoms with E-state index in [0.29, 0.717) is 5.56 Å². The Morgan fingerprint density at radius 2 is 1.33 bits per heavy atom. The first kappa shape index (κ1) is 26.6. The fraction of sp³-hybridized carbons (Fsp3) is 0.103. The second-order valence-corrected chi connectivity index (χ2v) is 9.13. The summed E-state index contributed by atoms with van der Waals surface area (Å²) in [4.78, 5) is 16.1. The third-order valence-electron chi connectivity index (χ3n) is 6.37. The van der Waals surface area contributed by atoms with Crippen LogP contribution in [0.5, 0.6) is 5.75 Å². The summed E-state index contributed by atoms with van der Waals surface area (Å²) in [5, 5.41) is 39.2. The van der Waals surface area contributed by atoms with Crippen LogP contribution in [-0.2, 0) is 16.8 Å². The summed E-state index contributed by atoms with van der Waals surface area (Å²) in [5.41, 5.74) is 7.93. The molecule has 9 nitrogen and oxygen atoms in total. The minimum atomic E-state index is -3.34. The normalized spacial score (nSPS) is 13.3. The van der Waals surface area contributed by atoms with Gasteiger partial charge in [0, 0.05) is 33.2 Å². The van der Waals surface area contributed by atoms with Crippen LogP contribution in [0.15, 0.2) is 60.7 Å². The first-order valence-corrected chi connectivity index (χ1v) is 11.9. The van der Waals surface area contributed by atoms with Crippen molar-refractivity contribution in [3.05, 3.63) is 89.0 Å². The molecule has 4 aromatic rings. The standard InChI is InChI=1S/C29H24N4O5.Co/c1-38-27-9-2-16(10-25(27)28(34)29(35,36)37)24-14-23-13-21-6-5-19(31-21)11-17-3-4-18(30-17)12-20-7-8-22(32-20)15-26(24)33-23;/h2-15,28,31,33-37H,1H3;/q;+2. The van der Waals surface area contributed by atoms with Gasteiger partial charge in [-0.3, -0.25) is 0 Å². The van der Waals surface area contributed by atoms with Gasteiger partial charge in [-0.1, -0.05) is 6.07 Å². The molecule has 5 heterocycles. The Morgan fingerprint density at radius 1 is 0.718 bits per heavy atom. The molecule has 0 aliphatic carbocycles. The summed E-state index contributed by atoms with van der Waals surface area (Å²) < 4.78 is 5.28. The van der Waals surface area contributed by atoms with Gasteiger partial charge in [0.2, 0.25) is 0 Å². The van der Waals surface area contributed by atoms with E-state index in [1.54, 1.807) is 18.2 Å². The van der Waals surface area contributed by atoms with Crippen LogP contribution < -0.4 is 4.74 Å². The van der Waals surface area contributed by atoms with Gasteiger partial charge >= 0.3 is 22.8 Å². The molecule has 6 N–H and O–H groups in total. The number of ether oxygens (including phenoxy) is 1. The zero-order valence-electron chi connectivity index (χ0n) is 20.6. The molecule has 0 spiro atoms. The number of aliphatic hydroxyl groups is 4. The van der Waals surface area contributed by atoms with Gasteiger partial charge in [-0.2, -0.15) is 0 Å². The van der Waals surface area contributed by atoms with Crippen molar-refractivity contribution < 1.29 is 41.9 Å². The molecule has 197 valence electrons. The van der Waals surface area contributed by atoms with E-state index in [2.05, 4.69) is 15.0 Å². The first-order valence-electron chi connectivity index (χ1n) is 11.9. The molecule has 1 atom stereocenters. The van der Waals surface area contributed by atoms with E-state index in [0.717, 1.165) is 50.4 Å². The van der Waals surface area contributed by atoms with Crippen LogP contribution in [0, 0.1) is 0 Å². The fourth-order valence-corrected chi connectivity index (χ4v) is 4.58. The van der Waals surface area contributed by atoms with E-state index >= 15 is 0 Å². The zero-order chi connectivity index (χ0) is 26.4. The average Bonchev–Trinajstić information content (AvgIpc) is 3.68. The molecule has 3 aromatic heterocycles. The number of hydrogen-bond donors (Lipinski definition) is 6. The molecule has 0 saturated carbocycles. The van der Waals surface area contributed by atoms with Crippen LogP contribution in [0.4, 0.5) is 0 Å². The molecule has 1 radical (unpaired) electrons. The number of nitrogens with one attached hydrogen (secondary N) is 2. The van der Waals surface area contributed by atoms with Crippen molar-refractivity contribution in [1.29, 1.82) is 0 Å². The van der Waals surface area contributed by atoms with Gasteiger partial charge < -0.3 is 35.1 Å². The van der Waals surface area contributed by atoms with Crippen molar-refractivity contribution in [1.82, 2.24) is 19.9 Å². The quantitative estimate of drug-likeness (QED) is 0.177. The number of rotatable bonds is 4. The molecule has 0 saturated heterocycles. The van der Waals surface area contributed by atoms with Crippen LogP contribution >= 0.6 is 0 Å². The molecule has 8 bridgehead atoms. The van der Waals surface area contributed by atoms with E-state index in [4.69, 9.17) is 9.72 Å². The third-order valence-corrected chi connectivity index (χ3v) is 6.37. The summed E-state index contributed by atoms with van der Waals surface area (Å²) in [6, 6.07) is 18.6. The molecular weight excluding hydrogens is 543 g/mol. The van der Waals surface area contributed by atoms with Gasteiger partial charge in [0.25, 0.3) is 0 Å². The minimum absolute atomic E-state index is 0. The van der Waals surface area contributed by atoms with Gasteiger partial charge in [-0.05, 0) is 84.5 Å². The Labute approximate surface area is 233 Å². The zero-order valence-corrected chi connectivity index (χ0v) is 21.6. The van der Waals surface area contributed by atoms with Crippen molar-refractivity contribution in [2.75, 3.05) is 7.11 Å². The fourth-order valence-electron chi connectivity index (χ4n) is 4.58. The molecule has 39 heavy (non-hydrogen) atoms. The van der Waals surface area contributed by atoms with Gasteiger partial charge in [0.15, 0.2) is 6.10 Å². The van der Waals surface area contributed by atoms with Gasteiger partial charge in [0.05, 0.1) is 29.9 Å². The SMILES string of the molecule is COc1ccc(-c2cc3cc4ccc(cc5nc(cc6nc(cc2[nH]3)C=C6)C=C5)[nH]4)cc1C(O)C(O)(O)O.[Co+2]. The number of H-pyrrole nitrogens is 2. The third kappa shape index (κ3) is 5.43. The Kier molecular flexibility index (Phi) is 6.99. The number of aromatic amines is 2. The van der Waals surface area contributed by atoms with Gasteiger partial charge in [0.1, 0.15) is 5.75 Å². The Balaban J connectivity index is 0.00000308. The summed E-state index contributed by atoms with van der Waals surface area (Å²) in [6.07, 6.45) is 5.72. The second kappa shape index (κ2) is 10.3.